The van der Waals surface area contributed by atoms with Crippen molar-refractivity contribution in [2.75, 3.05) is 19.8 Å². The summed E-state index contributed by atoms with van der Waals surface area (Å²) in [5.41, 5.74) is 0. The van der Waals surface area contributed by atoms with Crippen molar-refractivity contribution in [1.82, 2.24) is 5.32 Å². The van der Waals surface area contributed by atoms with Gasteiger partial charge in [0.1, 0.15) is 24.4 Å². The van der Waals surface area contributed by atoms with E-state index in [0.29, 0.717) is 19.4 Å². The van der Waals surface area contributed by atoms with E-state index in [0.717, 1.165) is 57.8 Å². The summed E-state index contributed by atoms with van der Waals surface area (Å²) in [6, 6.07) is -0.810. The highest BCUT2D eigenvalue weighted by Crippen LogP contribution is 2.23. The molecule has 1 rings (SSSR count). The highest BCUT2D eigenvalue weighted by molar-refractivity contribution is 5.76. The molecule has 1 aliphatic heterocycles. The fraction of sp³-hybridized carbons (Fsp3) is 0.887. The van der Waals surface area contributed by atoms with Crippen LogP contribution in [0.25, 0.3) is 0 Å². The lowest BCUT2D eigenvalue weighted by molar-refractivity contribution is -0.302. The van der Waals surface area contributed by atoms with Crippen LogP contribution >= 0.6 is 0 Å². The van der Waals surface area contributed by atoms with Crippen LogP contribution in [0.5, 0.6) is 0 Å². The molecule has 1 fully saturated rings. The number of amides is 1. The van der Waals surface area contributed by atoms with E-state index in [1.165, 1.54) is 257 Å². The van der Waals surface area contributed by atoms with Crippen LogP contribution in [0.1, 0.15) is 341 Å². The lowest BCUT2D eigenvalue weighted by Crippen LogP contribution is -2.60. The summed E-state index contributed by atoms with van der Waals surface area (Å²) in [4.78, 5) is 25.1. The number of carbonyl (C=O) groups excluding carboxylic acids is 2. The molecule has 0 saturated carbocycles. The van der Waals surface area contributed by atoms with Crippen molar-refractivity contribution < 1.29 is 49.3 Å². The number of rotatable bonds is 62. The summed E-state index contributed by atoms with van der Waals surface area (Å²) in [6.07, 6.45) is 66.9. The number of carbonyl (C=O) groups is 2. The molecule has 11 nitrogen and oxygen atoms in total. The van der Waals surface area contributed by atoms with Crippen molar-refractivity contribution in [3.05, 3.63) is 36.5 Å². The summed E-state index contributed by atoms with van der Waals surface area (Å²) in [5.74, 6) is -0.183. The molecule has 0 aromatic rings. The smallest absolute Gasteiger partial charge is 0.305 e. The Morgan fingerprint density at radius 1 is 0.439 bits per heavy atom. The number of hydrogen-bond acceptors (Lipinski definition) is 10. The Morgan fingerprint density at radius 3 is 1.21 bits per heavy atom. The van der Waals surface area contributed by atoms with Gasteiger partial charge >= 0.3 is 5.97 Å². The Bertz CT molecular complexity index is 1460. The third-order valence-corrected chi connectivity index (χ3v) is 16.7. The van der Waals surface area contributed by atoms with Crippen molar-refractivity contribution in [1.29, 1.82) is 0 Å². The summed E-state index contributed by atoms with van der Waals surface area (Å²) in [6.45, 7) is 4.34. The average Bonchev–Trinajstić information content (AvgIpc) is 3.68. The SMILES string of the molecule is CCCC/C=C\CCCCCCCC(=O)OCCCCCCCCCCCCCC/C=C\CCCCCCCCCCCCCCC(=O)NC(COC1OC(CO)C(O)C(O)C1O)C(O)/C=C/CCCCCCCCCCCCCCC. The van der Waals surface area contributed by atoms with Gasteiger partial charge in [0.2, 0.25) is 5.91 Å². The second kappa shape index (κ2) is 60.6. The standard InChI is InChI=1S/C71H133NO10/c1-3-5-7-9-11-13-15-16-31-34-38-41-45-49-53-57-64(74)63(62-81-71-70(79)69(78)68(77)65(61-73)82-71)72-66(75)58-54-50-46-42-39-35-32-29-27-25-23-21-19-17-18-20-22-24-26-28-30-33-36-40-44-48-52-56-60-80-67(76)59-55-51-47-43-37-14-12-10-8-6-4-2/h10,12,17-18,53,57,63-65,68-71,73-74,77-79H,3-9,11,13-16,19-52,54-56,58-62H2,1-2H3,(H,72,75)/b12-10-,18-17-,57-53+. The van der Waals surface area contributed by atoms with Crippen LogP contribution in [0.3, 0.4) is 0 Å². The van der Waals surface area contributed by atoms with Crippen LogP contribution < -0.4 is 5.32 Å². The summed E-state index contributed by atoms with van der Waals surface area (Å²) in [5, 5.41) is 54.6. The molecule has 0 bridgehead atoms. The highest BCUT2D eigenvalue weighted by Gasteiger charge is 2.44. The largest absolute Gasteiger partial charge is 0.466 e. The normalized spacial score (nSPS) is 18.4. The van der Waals surface area contributed by atoms with Crippen LogP contribution in [0.15, 0.2) is 36.5 Å². The predicted molar refractivity (Wildman–Crippen MR) is 343 cm³/mol. The van der Waals surface area contributed by atoms with Crippen LogP contribution in [0.2, 0.25) is 0 Å². The third-order valence-electron chi connectivity index (χ3n) is 16.7. The van der Waals surface area contributed by atoms with E-state index >= 15 is 0 Å². The number of aliphatic hydroxyl groups is 5. The molecule has 0 spiro atoms. The molecule has 1 heterocycles. The molecular formula is C71H133NO10. The van der Waals surface area contributed by atoms with Crippen molar-refractivity contribution in [2.45, 2.75) is 384 Å². The molecule has 482 valence electrons. The Hall–Kier alpha value is -2.12. The summed E-state index contributed by atoms with van der Waals surface area (Å²) < 4.78 is 16.7. The molecule has 0 radical (unpaired) electrons. The minimum atomic E-state index is -1.57. The van der Waals surface area contributed by atoms with Gasteiger partial charge in [-0.3, -0.25) is 9.59 Å². The number of unbranched alkanes of at least 4 members (excludes halogenated alkanes) is 44. The van der Waals surface area contributed by atoms with Gasteiger partial charge in [-0.25, -0.2) is 0 Å². The first-order valence-electron chi connectivity index (χ1n) is 35.3. The maximum Gasteiger partial charge on any atom is 0.305 e. The van der Waals surface area contributed by atoms with Crippen molar-refractivity contribution in [3.8, 4) is 0 Å². The van der Waals surface area contributed by atoms with E-state index in [1.807, 2.05) is 6.08 Å². The van der Waals surface area contributed by atoms with Gasteiger partial charge in [-0.2, -0.15) is 0 Å². The van der Waals surface area contributed by atoms with E-state index in [-0.39, 0.29) is 18.5 Å². The lowest BCUT2D eigenvalue weighted by atomic mass is 9.99. The van der Waals surface area contributed by atoms with E-state index in [2.05, 4.69) is 43.5 Å². The molecule has 7 atom stereocenters. The van der Waals surface area contributed by atoms with Crippen LogP contribution in [-0.2, 0) is 23.8 Å². The van der Waals surface area contributed by atoms with E-state index in [1.54, 1.807) is 6.08 Å². The second-order valence-electron chi connectivity index (χ2n) is 24.6. The molecule has 1 saturated heterocycles. The number of aliphatic hydroxyl groups excluding tert-OH is 5. The number of nitrogens with one attached hydrogen (secondary N) is 1. The Balaban J connectivity index is 2.01. The minimum Gasteiger partial charge on any atom is -0.466 e. The van der Waals surface area contributed by atoms with Gasteiger partial charge in [0, 0.05) is 12.8 Å². The molecule has 82 heavy (non-hydrogen) atoms. The first-order valence-corrected chi connectivity index (χ1v) is 35.3. The first kappa shape index (κ1) is 77.9. The molecule has 0 aliphatic carbocycles. The van der Waals surface area contributed by atoms with E-state index in [9.17, 15) is 35.1 Å². The minimum absolute atomic E-state index is 0.00416. The fourth-order valence-corrected chi connectivity index (χ4v) is 11.1. The van der Waals surface area contributed by atoms with Crippen molar-refractivity contribution >= 4 is 11.9 Å². The topological polar surface area (TPSA) is 175 Å². The van der Waals surface area contributed by atoms with Crippen molar-refractivity contribution in [2.24, 2.45) is 0 Å². The van der Waals surface area contributed by atoms with Crippen molar-refractivity contribution in [3.63, 3.8) is 0 Å². The molecular weight excluding hydrogens is 1030 g/mol. The first-order chi connectivity index (χ1) is 40.2. The molecule has 1 amide bonds. The Morgan fingerprint density at radius 2 is 0.793 bits per heavy atom. The predicted octanol–water partition coefficient (Wildman–Crippen LogP) is 17.8. The number of hydrogen-bond donors (Lipinski definition) is 6. The molecule has 0 aromatic carbocycles. The average molecular weight is 1160 g/mol. The molecule has 11 heteroatoms. The number of esters is 1. The Labute approximate surface area is 504 Å². The zero-order chi connectivity index (χ0) is 59.5. The third kappa shape index (κ3) is 49.0. The molecule has 6 N–H and O–H groups in total. The number of ether oxygens (including phenoxy) is 3. The maximum atomic E-state index is 13.1. The molecule has 1 aliphatic rings. The summed E-state index contributed by atoms with van der Waals surface area (Å²) >= 11 is 0. The lowest BCUT2D eigenvalue weighted by Gasteiger charge is -2.40. The summed E-state index contributed by atoms with van der Waals surface area (Å²) in [7, 11) is 0. The van der Waals surface area contributed by atoms with Gasteiger partial charge < -0.3 is 45.1 Å². The highest BCUT2D eigenvalue weighted by atomic mass is 16.7. The zero-order valence-electron chi connectivity index (χ0n) is 53.5. The Kier molecular flexibility index (Phi) is 57.5. The van der Waals surface area contributed by atoms with Gasteiger partial charge in [-0.15, -0.1) is 0 Å². The van der Waals surface area contributed by atoms with Gasteiger partial charge in [0.15, 0.2) is 6.29 Å². The molecule has 7 unspecified atom stereocenters. The van der Waals surface area contributed by atoms with Crippen LogP contribution in [0, 0.1) is 0 Å². The monoisotopic (exact) mass is 1160 g/mol. The van der Waals surface area contributed by atoms with Crippen LogP contribution in [0.4, 0.5) is 0 Å². The van der Waals surface area contributed by atoms with Gasteiger partial charge in [0.25, 0.3) is 0 Å². The molecule has 0 aromatic heterocycles. The van der Waals surface area contributed by atoms with Crippen LogP contribution in [-0.4, -0.2) is 100 Å². The second-order valence-corrected chi connectivity index (χ2v) is 24.6. The fourth-order valence-electron chi connectivity index (χ4n) is 11.1. The quantitative estimate of drug-likeness (QED) is 0.0195. The number of allylic oxidation sites excluding steroid dienone is 5. The van der Waals surface area contributed by atoms with Gasteiger partial charge in [-0.1, -0.05) is 288 Å². The maximum absolute atomic E-state index is 13.1. The van der Waals surface area contributed by atoms with E-state index < -0.39 is 49.5 Å². The van der Waals surface area contributed by atoms with E-state index in [4.69, 9.17) is 14.2 Å². The van der Waals surface area contributed by atoms with Gasteiger partial charge in [0.05, 0.1) is 32.0 Å². The zero-order valence-corrected chi connectivity index (χ0v) is 53.5. The van der Waals surface area contributed by atoms with Gasteiger partial charge in [-0.05, 0) is 77.0 Å².